The van der Waals surface area contributed by atoms with E-state index in [2.05, 4.69) is 34.6 Å². The van der Waals surface area contributed by atoms with E-state index in [1.54, 1.807) is 0 Å². The maximum atomic E-state index is 12.4. The molecule has 3 aromatic carbocycles. The van der Waals surface area contributed by atoms with E-state index >= 15 is 0 Å². The van der Waals surface area contributed by atoms with Crippen LogP contribution in [0.25, 0.3) is 22.0 Å². The SMILES string of the molecule is Cc1[nH]c2ccccc2c1C(O)C(O)CNC(=O)OCC1c2ccccc2-c2ccccc21. The fourth-order valence-electron chi connectivity index (χ4n) is 4.82. The van der Waals surface area contributed by atoms with E-state index in [1.165, 1.54) is 0 Å². The Morgan fingerprint density at radius 3 is 2.27 bits per heavy atom. The number of aliphatic hydroxyl groups is 2. The van der Waals surface area contributed by atoms with Crippen molar-refractivity contribution in [3.63, 3.8) is 0 Å². The largest absolute Gasteiger partial charge is 0.449 e. The summed E-state index contributed by atoms with van der Waals surface area (Å²) in [6.45, 7) is 1.92. The lowest BCUT2D eigenvalue weighted by molar-refractivity contribution is 0.0190. The van der Waals surface area contributed by atoms with Crippen LogP contribution in [0, 0.1) is 6.92 Å². The average molecular weight is 443 g/mol. The number of ether oxygens (including phenoxy) is 1. The number of aromatic nitrogens is 1. The van der Waals surface area contributed by atoms with Gasteiger partial charge in [0.15, 0.2) is 0 Å². The monoisotopic (exact) mass is 442 g/mol. The molecular formula is C27H26N2O4. The van der Waals surface area contributed by atoms with E-state index in [4.69, 9.17) is 4.74 Å². The average Bonchev–Trinajstić information content (AvgIpc) is 3.34. The lowest BCUT2D eigenvalue weighted by atomic mass is 9.98. The van der Waals surface area contributed by atoms with Crippen molar-refractivity contribution in [1.82, 2.24) is 10.3 Å². The Labute approximate surface area is 191 Å². The van der Waals surface area contributed by atoms with E-state index in [-0.39, 0.29) is 19.1 Å². The molecule has 0 radical (unpaired) electrons. The minimum Gasteiger partial charge on any atom is -0.449 e. The van der Waals surface area contributed by atoms with E-state index in [0.717, 1.165) is 38.9 Å². The quantitative estimate of drug-likeness (QED) is 0.356. The number of carbonyl (C=O) groups is 1. The molecule has 33 heavy (non-hydrogen) atoms. The molecule has 1 aliphatic rings. The second kappa shape index (κ2) is 8.73. The zero-order chi connectivity index (χ0) is 22.9. The maximum Gasteiger partial charge on any atom is 0.407 e. The van der Waals surface area contributed by atoms with Gasteiger partial charge in [0, 0.05) is 34.6 Å². The summed E-state index contributed by atoms with van der Waals surface area (Å²) in [4.78, 5) is 15.6. The number of hydrogen-bond acceptors (Lipinski definition) is 4. The molecule has 0 saturated heterocycles. The minimum absolute atomic E-state index is 0.0347. The molecule has 1 heterocycles. The Morgan fingerprint density at radius 1 is 0.970 bits per heavy atom. The number of benzene rings is 3. The van der Waals surface area contributed by atoms with E-state index in [9.17, 15) is 15.0 Å². The molecule has 4 N–H and O–H groups in total. The number of para-hydroxylation sites is 1. The van der Waals surface area contributed by atoms with Gasteiger partial charge in [-0.15, -0.1) is 0 Å². The van der Waals surface area contributed by atoms with Crippen molar-refractivity contribution in [3.8, 4) is 11.1 Å². The molecule has 0 bridgehead atoms. The summed E-state index contributed by atoms with van der Waals surface area (Å²) in [5, 5.41) is 24.7. The zero-order valence-corrected chi connectivity index (χ0v) is 18.3. The lowest BCUT2D eigenvalue weighted by Gasteiger charge is -2.20. The van der Waals surface area contributed by atoms with Crippen molar-refractivity contribution >= 4 is 17.0 Å². The first-order valence-electron chi connectivity index (χ1n) is 11.1. The fourth-order valence-corrected chi connectivity index (χ4v) is 4.82. The fraction of sp³-hybridized carbons (Fsp3) is 0.222. The van der Waals surface area contributed by atoms with Crippen molar-refractivity contribution in [3.05, 3.63) is 95.2 Å². The van der Waals surface area contributed by atoms with Gasteiger partial charge in [0.1, 0.15) is 18.8 Å². The van der Waals surface area contributed by atoms with Gasteiger partial charge in [-0.3, -0.25) is 0 Å². The smallest absolute Gasteiger partial charge is 0.407 e. The molecule has 6 heteroatoms. The maximum absolute atomic E-state index is 12.4. The third kappa shape index (κ3) is 3.88. The number of aromatic amines is 1. The highest BCUT2D eigenvalue weighted by molar-refractivity contribution is 5.85. The van der Waals surface area contributed by atoms with Crippen LogP contribution in [0.3, 0.4) is 0 Å². The highest BCUT2D eigenvalue weighted by Crippen LogP contribution is 2.44. The normalized spacial score (nSPS) is 14.5. The molecule has 0 aliphatic heterocycles. The summed E-state index contributed by atoms with van der Waals surface area (Å²) in [5.74, 6) is -0.0347. The van der Waals surface area contributed by atoms with E-state index in [1.807, 2.05) is 55.5 Å². The molecule has 5 rings (SSSR count). The van der Waals surface area contributed by atoms with Gasteiger partial charge in [0.25, 0.3) is 0 Å². The van der Waals surface area contributed by atoms with Gasteiger partial charge in [-0.25, -0.2) is 4.79 Å². The molecule has 168 valence electrons. The number of aliphatic hydroxyl groups excluding tert-OH is 2. The minimum atomic E-state index is -1.18. The van der Waals surface area contributed by atoms with Gasteiger partial charge >= 0.3 is 6.09 Å². The van der Waals surface area contributed by atoms with Crippen LogP contribution in [0.15, 0.2) is 72.8 Å². The first-order chi connectivity index (χ1) is 16.0. The number of fused-ring (bicyclic) bond motifs is 4. The molecule has 1 aliphatic carbocycles. The van der Waals surface area contributed by atoms with Crippen molar-refractivity contribution < 1.29 is 19.7 Å². The van der Waals surface area contributed by atoms with Crippen LogP contribution in [0.2, 0.25) is 0 Å². The Bertz CT molecular complexity index is 1270. The topological polar surface area (TPSA) is 94.6 Å². The van der Waals surface area contributed by atoms with Gasteiger partial charge in [0.2, 0.25) is 0 Å². The molecule has 0 spiro atoms. The number of H-pyrrole nitrogens is 1. The molecular weight excluding hydrogens is 416 g/mol. The van der Waals surface area contributed by atoms with Crippen LogP contribution >= 0.6 is 0 Å². The summed E-state index contributed by atoms with van der Waals surface area (Å²) < 4.78 is 5.51. The molecule has 0 fully saturated rings. The lowest BCUT2D eigenvalue weighted by Crippen LogP contribution is -2.36. The van der Waals surface area contributed by atoms with Crippen molar-refractivity contribution in [2.45, 2.75) is 25.0 Å². The summed E-state index contributed by atoms with van der Waals surface area (Å²) in [6, 6.07) is 23.9. The highest BCUT2D eigenvalue weighted by atomic mass is 16.5. The number of alkyl carbamates (subject to hydrolysis) is 1. The molecule has 2 unspecified atom stereocenters. The molecule has 2 atom stereocenters. The van der Waals surface area contributed by atoms with Crippen molar-refractivity contribution in [1.29, 1.82) is 0 Å². The van der Waals surface area contributed by atoms with Crippen LogP contribution < -0.4 is 5.32 Å². The second-order valence-corrected chi connectivity index (χ2v) is 8.43. The molecule has 1 amide bonds. The summed E-state index contributed by atoms with van der Waals surface area (Å²) in [5.41, 5.74) is 6.90. The van der Waals surface area contributed by atoms with E-state index < -0.39 is 18.3 Å². The molecule has 4 aromatic rings. The predicted octanol–water partition coefficient (Wildman–Crippen LogP) is 4.41. The van der Waals surface area contributed by atoms with Crippen molar-refractivity contribution in [2.24, 2.45) is 0 Å². The van der Waals surface area contributed by atoms with Gasteiger partial charge in [0.05, 0.1) is 0 Å². The van der Waals surface area contributed by atoms with Crippen LogP contribution in [-0.2, 0) is 4.74 Å². The van der Waals surface area contributed by atoms with Gasteiger partial charge < -0.3 is 25.3 Å². The third-order valence-corrected chi connectivity index (χ3v) is 6.40. The van der Waals surface area contributed by atoms with E-state index in [0.29, 0.717) is 5.56 Å². The standard InChI is InChI=1S/C27H26N2O4/c1-16-25(21-12-6-7-13-23(21)29-16)26(31)24(30)14-28-27(32)33-15-22-19-10-4-2-8-17(19)18-9-3-5-11-20(18)22/h2-13,22,24,26,29-31H,14-15H2,1H3,(H,28,32). The van der Waals surface area contributed by atoms with Crippen LogP contribution in [0.4, 0.5) is 4.79 Å². The van der Waals surface area contributed by atoms with Crippen LogP contribution in [0.1, 0.15) is 34.4 Å². The van der Waals surface area contributed by atoms with Gasteiger partial charge in [-0.2, -0.15) is 0 Å². The first-order valence-corrected chi connectivity index (χ1v) is 11.1. The molecule has 0 saturated carbocycles. The summed E-state index contributed by atoms with van der Waals surface area (Å²) in [6.07, 6.45) is -2.95. The number of amides is 1. The predicted molar refractivity (Wildman–Crippen MR) is 127 cm³/mol. The second-order valence-electron chi connectivity index (χ2n) is 8.43. The Morgan fingerprint density at radius 2 is 1.58 bits per heavy atom. The van der Waals surface area contributed by atoms with Gasteiger partial charge in [-0.1, -0.05) is 66.7 Å². The Balaban J connectivity index is 1.21. The molecule has 6 nitrogen and oxygen atoms in total. The third-order valence-electron chi connectivity index (χ3n) is 6.40. The summed E-state index contributed by atoms with van der Waals surface area (Å²) >= 11 is 0. The van der Waals surface area contributed by atoms with Gasteiger partial charge in [-0.05, 0) is 35.2 Å². The summed E-state index contributed by atoms with van der Waals surface area (Å²) in [7, 11) is 0. The van der Waals surface area contributed by atoms with Crippen molar-refractivity contribution in [2.75, 3.05) is 13.2 Å². The van der Waals surface area contributed by atoms with Crippen LogP contribution in [0.5, 0.6) is 0 Å². The zero-order valence-electron chi connectivity index (χ0n) is 18.3. The number of aryl methyl sites for hydroxylation is 1. The molecule has 1 aromatic heterocycles. The number of rotatable bonds is 6. The van der Waals surface area contributed by atoms with Crippen LogP contribution in [-0.4, -0.2) is 40.5 Å². The number of nitrogens with one attached hydrogen (secondary N) is 2. The Kier molecular flexibility index (Phi) is 5.62. The number of carbonyl (C=O) groups excluding carboxylic acids is 1. The Hall–Kier alpha value is -3.61. The number of hydrogen-bond donors (Lipinski definition) is 4. The first kappa shape index (κ1) is 21.2. The highest BCUT2D eigenvalue weighted by Gasteiger charge is 2.29.